The summed E-state index contributed by atoms with van der Waals surface area (Å²) in [4.78, 5) is 47.4. The van der Waals surface area contributed by atoms with E-state index in [1.807, 2.05) is 31.2 Å². The Hall–Kier alpha value is -3.73. The van der Waals surface area contributed by atoms with Gasteiger partial charge in [0, 0.05) is 43.2 Å². The summed E-state index contributed by atoms with van der Waals surface area (Å²) in [5.74, 6) is 0.268. The highest BCUT2D eigenvalue weighted by molar-refractivity contribution is 8.01. The molecule has 0 spiro atoms. The van der Waals surface area contributed by atoms with E-state index in [2.05, 4.69) is 76.5 Å². The van der Waals surface area contributed by atoms with Gasteiger partial charge in [0.2, 0.25) is 5.91 Å². The molecule has 5 rings (SSSR count). The second kappa shape index (κ2) is 25.9. The fourth-order valence-electron chi connectivity index (χ4n) is 8.10. The van der Waals surface area contributed by atoms with Crippen molar-refractivity contribution in [3.63, 3.8) is 0 Å². The van der Waals surface area contributed by atoms with Crippen LogP contribution >= 0.6 is 58.2 Å². The number of hydrogen-bond acceptors (Lipinski definition) is 7. The number of para-hydroxylation sites is 1. The zero-order valence-corrected chi connectivity index (χ0v) is 44.9. The molecule has 0 saturated heterocycles. The Morgan fingerprint density at radius 1 is 0.735 bits per heavy atom. The van der Waals surface area contributed by atoms with E-state index in [9.17, 15) is 14.4 Å². The van der Waals surface area contributed by atoms with E-state index < -0.39 is 17.4 Å². The molecule has 0 bridgehead atoms. The lowest BCUT2D eigenvalue weighted by atomic mass is 9.78. The highest BCUT2D eigenvalue weighted by atomic mass is 35.5. The van der Waals surface area contributed by atoms with Gasteiger partial charge in [-0.25, -0.2) is 0 Å². The van der Waals surface area contributed by atoms with Crippen molar-refractivity contribution >= 4 is 98.7 Å². The minimum absolute atomic E-state index is 0.0619. The molecule has 8 nitrogen and oxygen atoms in total. The molecule has 1 aliphatic rings. The third-order valence-corrected chi connectivity index (χ3v) is 15.1. The number of halogens is 4. The number of carbonyl (C=O) groups is 3. The van der Waals surface area contributed by atoms with Crippen LogP contribution in [0.5, 0.6) is 5.75 Å². The molecule has 1 heterocycles. The molecule has 3 N–H and O–H groups in total. The minimum atomic E-state index is -1.08. The predicted molar refractivity (Wildman–Crippen MR) is 289 cm³/mol. The number of amides is 2. The molecule has 2 amide bonds. The summed E-state index contributed by atoms with van der Waals surface area (Å²) in [6.07, 6.45) is 14.2. The number of anilines is 3. The van der Waals surface area contributed by atoms with Gasteiger partial charge in [-0.3, -0.25) is 19.4 Å². The second-order valence-corrected chi connectivity index (χ2v) is 22.3. The van der Waals surface area contributed by atoms with Crippen molar-refractivity contribution in [3.05, 3.63) is 110 Å². The molecular formula is C55H70Cl4N4O4S. The van der Waals surface area contributed by atoms with Crippen molar-refractivity contribution in [3.8, 4) is 5.75 Å². The molecule has 368 valence electrons. The summed E-state index contributed by atoms with van der Waals surface area (Å²) in [5.41, 5.74) is 3.81. The number of unbranched alkanes of at least 4 members (excludes halogenated alkanes) is 10. The fourth-order valence-corrected chi connectivity index (χ4v) is 10.4. The van der Waals surface area contributed by atoms with Crippen molar-refractivity contribution in [1.82, 2.24) is 0 Å². The van der Waals surface area contributed by atoms with Crippen molar-refractivity contribution in [1.29, 1.82) is 0 Å². The smallest absolute Gasteiger partial charge is 0.265 e. The Morgan fingerprint density at radius 3 is 1.99 bits per heavy atom. The van der Waals surface area contributed by atoms with Crippen LogP contribution in [0.25, 0.3) is 0 Å². The van der Waals surface area contributed by atoms with E-state index in [0.717, 1.165) is 31.2 Å². The van der Waals surface area contributed by atoms with Gasteiger partial charge in [0.15, 0.2) is 11.9 Å². The Bertz CT molecular complexity index is 2380. The Balaban J connectivity index is 1.33. The second-order valence-electron chi connectivity index (χ2n) is 19.5. The van der Waals surface area contributed by atoms with E-state index in [1.54, 1.807) is 24.3 Å². The van der Waals surface area contributed by atoms with Crippen LogP contribution in [0.4, 0.5) is 17.1 Å². The van der Waals surface area contributed by atoms with E-state index in [-0.39, 0.29) is 38.5 Å². The molecule has 0 aromatic heterocycles. The van der Waals surface area contributed by atoms with Gasteiger partial charge in [0.05, 0.1) is 16.4 Å². The molecule has 0 fully saturated rings. The first-order valence-electron chi connectivity index (χ1n) is 24.4. The summed E-state index contributed by atoms with van der Waals surface area (Å²) < 4.78 is 6.57. The molecule has 4 aromatic carbocycles. The zero-order valence-electron chi connectivity index (χ0n) is 41.1. The van der Waals surface area contributed by atoms with Crippen molar-refractivity contribution in [2.24, 2.45) is 4.99 Å². The first-order chi connectivity index (χ1) is 32.4. The molecule has 13 heteroatoms. The van der Waals surface area contributed by atoms with Gasteiger partial charge in [-0.15, -0.1) is 11.8 Å². The van der Waals surface area contributed by atoms with Crippen molar-refractivity contribution in [2.45, 2.75) is 178 Å². The molecule has 68 heavy (non-hydrogen) atoms. The monoisotopic (exact) mass is 1020 g/mol. The number of thioether (sulfide) groups is 1. The van der Waals surface area contributed by atoms with Gasteiger partial charge >= 0.3 is 0 Å². The van der Waals surface area contributed by atoms with Gasteiger partial charge in [0.1, 0.15) is 22.9 Å². The molecule has 1 aliphatic heterocycles. The molecule has 0 aliphatic carbocycles. The zero-order chi connectivity index (χ0) is 49.6. The molecular weight excluding hydrogens is 955 g/mol. The fraction of sp³-hybridized carbons (Fsp3) is 0.491. The van der Waals surface area contributed by atoms with E-state index >= 15 is 0 Å². The number of amidine groups is 1. The normalized spacial score (nSPS) is 15.5. The number of ketones is 1. The summed E-state index contributed by atoms with van der Waals surface area (Å²) in [5, 5.41) is 9.60. The first-order valence-corrected chi connectivity index (χ1v) is 26.8. The lowest BCUT2D eigenvalue weighted by Gasteiger charge is -2.30. The molecule has 0 radical (unpaired) electrons. The summed E-state index contributed by atoms with van der Waals surface area (Å²) in [7, 11) is 0. The summed E-state index contributed by atoms with van der Waals surface area (Å²) in [6.45, 7) is 17.3. The Labute approximate surface area is 429 Å². The first kappa shape index (κ1) is 55.2. The average Bonchev–Trinajstić information content (AvgIpc) is 3.58. The van der Waals surface area contributed by atoms with Gasteiger partial charge in [-0.05, 0) is 84.2 Å². The van der Waals surface area contributed by atoms with Gasteiger partial charge < -0.3 is 20.7 Å². The summed E-state index contributed by atoms with van der Waals surface area (Å²) >= 11 is 27.7. The van der Waals surface area contributed by atoms with Crippen LogP contribution < -0.4 is 20.7 Å². The Morgan fingerprint density at radius 2 is 1.37 bits per heavy atom. The van der Waals surface area contributed by atoms with Crippen LogP contribution in [0.1, 0.15) is 168 Å². The maximum Gasteiger partial charge on any atom is 0.265 e. The van der Waals surface area contributed by atoms with Crippen LogP contribution in [0, 0.1) is 0 Å². The molecule has 3 atom stereocenters. The maximum absolute atomic E-state index is 14.6. The number of nitrogens with one attached hydrogen (secondary N) is 3. The van der Waals surface area contributed by atoms with Crippen LogP contribution in [-0.2, 0) is 25.2 Å². The number of ether oxygens (including phenoxy) is 1. The SMILES string of the molecule is CCCCCCCCCCCCCC(=O)Nc1ccc(Cl)c(NC2=NC(c3c(Cl)cc(Cl)cc3Cl)C(=O)C2Sc2ccccc2NC(=O)C(CC)Oc2ccc(C(C)(C)C)cc2C(C)(C)CC)c1. The number of nitrogens with zero attached hydrogens (tertiary/aromatic N) is 1. The van der Waals surface area contributed by atoms with Gasteiger partial charge in [-0.1, -0.05) is 190 Å². The van der Waals surface area contributed by atoms with Crippen LogP contribution in [-0.4, -0.2) is 34.8 Å². The quantitative estimate of drug-likeness (QED) is 0.0603. The third kappa shape index (κ3) is 15.4. The van der Waals surface area contributed by atoms with Crippen molar-refractivity contribution < 1.29 is 19.1 Å². The van der Waals surface area contributed by atoms with Crippen LogP contribution in [0.3, 0.4) is 0 Å². The number of Topliss-reactive ketones (excluding diaryl/α,β-unsaturated/α-hetero) is 1. The van der Waals surface area contributed by atoms with Crippen LogP contribution in [0.2, 0.25) is 20.1 Å². The topological polar surface area (TPSA) is 109 Å². The highest BCUT2D eigenvalue weighted by Crippen LogP contribution is 2.44. The number of rotatable bonds is 24. The molecule has 4 aromatic rings. The van der Waals surface area contributed by atoms with Gasteiger partial charge in [0.25, 0.3) is 5.91 Å². The van der Waals surface area contributed by atoms with Gasteiger partial charge in [-0.2, -0.15) is 0 Å². The van der Waals surface area contributed by atoms with E-state index in [4.69, 9.17) is 56.1 Å². The lowest BCUT2D eigenvalue weighted by molar-refractivity contribution is -0.123. The summed E-state index contributed by atoms with van der Waals surface area (Å²) in [6, 6.07) is 20.7. The van der Waals surface area contributed by atoms with Crippen LogP contribution in [0.15, 0.2) is 82.7 Å². The lowest BCUT2D eigenvalue weighted by Crippen LogP contribution is -2.34. The van der Waals surface area contributed by atoms with Crippen molar-refractivity contribution in [2.75, 3.05) is 16.0 Å². The minimum Gasteiger partial charge on any atom is -0.480 e. The third-order valence-electron chi connectivity index (χ3n) is 12.7. The Kier molecular flexibility index (Phi) is 21.0. The molecule has 0 saturated carbocycles. The van der Waals surface area contributed by atoms with E-state index in [0.29, 0.717) is 62.0 Å². The average molecular weight is 1030 g/mol. The van der Waals surface area contributed by atoms with E-state index in [1.165, 1.54) is 80.8 Å². The number of benzene rings is 4. The largest absolute Gasteiger partial charge is 0.480 e. The number of carbonyl (C=O) groups excluding carboxylic acids is 3. The molecule has 3 unspecified atom stereocenters. The highest BCUT2D eigenvalue weighted by Gasteiger charge is 2.42. The predicted octanol–water partition coefficient (Wildman–Crippen LogP) is 17.0. The standard InChI is InChI=1S/C55H70Cl4N4O4S/c1-9-12-13-14-15-16-17-18-19-20-21-26-47(64)60-37-28-29-39(57)43(34-37)61-52-51(50(65)49(63-52)48-40(58)32-36(56)33-41(48)59)68-46-25-23-22-24-42(46)62-53(66)44(10-2)67-45-30-27-35(54(4,5)6)31-38(45)55(7,8)11-3/h22-25,27-34,44,49,51H,9-21,26H2,1-8H3,(H,60,64)(H,61,63)(H,62,66). The maximum atomic E-state index is 14.6. The number of hydrogen-bond donors (Lipinski definition) is 3. The number of aliphatic imine (C=N–C) groups is 1.